The van der Waals surface area contributed by atoms with Gasteiger partial charge in [0.2, 0.25) is 5.13 Å². The summed E-state index contributed by atoms with van der Waals surface area (Å²) in [4.78, 5) is 18.1. The van der Waals surface area contributed by atoms with Crippen LogP contribution in [0.5, 0.6) is 0 Å². The van der Waals surface area contributed by atoms with Crippen LogP contribution in [0.4, 0.5) is 5.13 Å². The van der Waals surface area contributed by atoms with Crippen LogP contribution in [-0.2, 0) is 6.42 Å². The monoisotopic (exact) mass is 318 g/mol. The molecule has 0 saturated carbocycles. The zero-order valence-corrected chi connectivity index (χ0v) is 14.0. The van der Waals surface area contributed by atoms with Crippen LogP contribution >= 0.6 is 11.5 Å². The molecule has 22 heavy (non-hydrogen) atoms. The minimum absolute atomic E-state index is 0.300. The summed E-state index contributed by atoms with van der Waals surface area (Å²) in [5.74, 6) is 0.953. The van der Waals surface area contributed by atoms with Gasteiger partial charge < -0.3 is 4.90 Å². The molecule has 2 aromatic rings. The van der Waals surface area contributed by atoms with Gasteiger partial charge in [0, 0.05) is 62.7 Å². The summed E-state index contributed by atoms with van der Waals surface area (Å²) < 4.78 is 4.40. The molecule has 0 radical (unpaired) electrons. The maximum Gasteiger partial charge on any atom is 0.205 e. The van der Waals surface area contributed by atoms with E-state index >= 15 is 0 Å². The van der Waals surface area contributed by atoms with Gasteiger partial charge in [-0.25, -0.2) is 4.98 Å². The molecule has 0 bridgehead atoms. The van der Waals surface area contributed by atoms with Crippen molar-refractivity contribution in [3.63, 3.8) is 0 Å². The van der Waals surface area contributed by atoms with Crippen LogP contribution in [0, 0.1) is 0 Å². The fraction of sp³-hybridized carbons (Fsp3) is 0.600. The van der Waals surface area contributed by atoms with Crippen LogP contribution in [0.15, 0.2) is 18.6 Å². The van der Waals surface area contributed by atoms with Crippen LogP contribution in [0.2, 0.25) is 0 Å². The fourth-order valence-corrected chi connectivity index (χ4v) is 3.55. The lowest BCUT2D eigenvalue weighted by Crippen LogP contribution is -2.32. The standard InChI is InChI=1S/C15H22N6S/c1-3-14-18-15(22-19-14)21-8-4-7-20(9-10-21)12(2)13-11-16-5-6-17-13/h5-6,11-12H,3-4,7-10H2,1-2H3. The van der Waals surface area contributed by atoms with Crippen molar-refractivity contribution in [2.45, 2.75) is 32.7 Å². The summed E-state index contributed by atoms with van der Waals surface area (Å²) in [6.07, 6.45) is 7.39. The number of anilines is 1. The molecule has 0 N–H and O–H groups in total. The van der Waals surface area contributed by atoms with E-state index < -0.39 is 0 Å². The minimum atomic E-state index is 0.300. The quantitative estimate of drug-likeness (QED) is 0.861. The molecule has 1 saturated heterocycles. The van der Waals surface area contributed by atoms with Gasteiger partial charge in [0.25, 0.3) is 0 Å². The molecule has 3 rings (SSSR count). The molecule has 6 nitrogen and oxygen atoms in total. The Morgan fingerprint density at radius 2 is 2.14 bits per heavy atom. The molecule has 118 valence electrons. The Hall–Kier alpha value is -1.60. The molecule has 1 unspecified atom stereocenters. The van der Waals surface area contributed by atoms with Gasteiger partial charge >= 0.3 is 0 Å². The largest absolute Gasteiger partial charge is 0.346 e. The first-order valence-corrected chi connectivity index (χ1v) is 8.62. The van der Waals surface area contributed by atoms with Crippen molar-refractivity contribution < 1.29 is 0 Å². The summed E-state index contributed by atoms with van der Waals surface area (Å²) in [7, 11) is 0. The molecule has 0 aliphatic carbocycles. The molecule has 7 heteroatoms. The zero-order valence-electron chi connectivity index (χ0n) is 13.1. The normalized spacial score (nSPS) is 18.2. The molecule has 1 aliphatic heterocycles. The van der Waals surface area contributed by atoms with E-state index in [1.165, 1.54) is 11.5 Å². The van der Waals surface area contributed by atoms with Crippen molar-refractivity contribution in [1.82, 2.24) is 24.2 Å². The average molecular weight is 318 g/mol. The summed E-state index contributed by atoms with van der Waals surface area (Å²) >= 11 is 1.52. The van der Waals surface area contributed by atoms with Gasteiger partial charge in [-0.2, -0.15) is 4.37 Å². The Bertz CT molecular complexity index is 587. The van der Waals surface area contributed by atoms with Crippen molar-refractivity contribution in [2.24, 2.45) is 0 Å². The molecule has 0 amide bonds. The molecular weight excluding hydrogens is 296 g/mol. The summed E-state index contributed by atoms with van der Waals surface area (Å²) in [5.41, 5.74) is 1.04. The highest BCUT2D eigenvalue weighted by molar-refractivity contribution is 7.09. The Morgan fingerprint density at radius 3 is 2.86 bits per heavy atom. The molecule has 1 atom stereocenters. The zero-order chi connectivity index (χ0) is 15.4. The van der Waals surface area contributed by atoms with E-state index in [1.54, 1.807) is 12.4 Å². The Balaban J connectivity index is 1.64. The SMILES string of the molecule is CCc1nsc(N2CCCN(C(C)c3cnccn3)CC2)n1. The van der Waals surface area contributed by atoms with E-state index in [-0.39, 0.29) is 0 Å². The minimum Gasteiger partial charge on any atom is -0.346 e. The average Bonchev–Trinajstić information content (AvgIpc) is 2.92. The van der Waals surface area contributed by atoms with E-state index in [9.17, 15) is 0 Å². The van der Waals surface area contributed by atoms with E-state index in [1.807, 2.05) is 6.20 Å². The van der Waals surface area contributed by atoms with Crippen molar-refractivity contribution in [2.75, 3.05) is 31.1 Å². The van der Waals surface area contributed by atoms with E-state index in [0.717, 1.165) is 55.7 Å². The second kappa shape index (κ2) is 7.11. The van der Waals surface area contributed by atoms with Crippen LogP contribution in [0.25, 0.3) is 0 Å². The van der Waals surface area contributed by atoms with Crippen molar-refractivity contribution in [1.29, 1.82) is 0 Å². The van der Waals surface area contributed by atoms with Crippen LogP contribution in [0.1, 0.15) is 37.8 Å². The predicted molar refractivity (Wildman–Crippen MR) is 88.1 cm³/mol. The second-order valence-corrected chi connectivity index (χ2v) is 6.26. The van der Waals surface area contributed by atoms with Gasteiger partial charge in [-0.05, 0) is 13.3 Å². The third-order valence-corrected chi connectivity index (χ3v) is 4.95. The summed E-state index contributed by atoms with van der Waals surface area (Å²) in [5, 5.41) is 1.06. The molecule has 1 aliphatic rings. The van der Waals surface area contributed by atoms with Gasteiger partial charge in [-0.15, -0.1) is 0 Å². The Kier molecular flexibility index (Phi) is 4.94. The lowest BCUT2D eigenvalue weighted by molar-refractivity contribution is 0.222. The van der Waals surface area contributed by atoms with Gasteiger partial charge in [0.1, 0.15) is 5.82 Å². The molecule has 3 heterocycles. The highest BCUT2D eigenvalue weighted by Crippen LogP contribution is 2.23. The molecular formula is C15H22N6S. The van der Waals surface area contributed by atoms with Crippen LogP contribution in [0.3, 0.4) is 0 Å². The van der Waals surface area contributed by atoms with Gasteiger partial charge in [0.05, 0.1) is 11.7 Å². The first-order valence-electron chi connectivity index (χ1n) is 7.85. The molecule has 0 spiro atoms. The smallest absolute Gasteiger partial charge is 0.205 e. The fourth-order valence-electron chi connectivity index (χ4n) is 2.75. The Labute approximate surface area is 135 Å². The highest BCUT2D eigenvalue weighted by Gasteiger charge is 2.22. The van der Waals surface area contributed by atoms with Crippen molar-refractivity contribution in [3.05, 3.63) is 30.1 Å². The van der Waals surface area contributed by atoms with Crippen molar-refractivity contribution >= 4 is 16.7 Å². The Morgan fingerprint density at radius 1 is 1.23 bits per heavy atom. The summed E-state index contributed by atoms with van der Waals surface area (Å²) in [6.45, 7) is 8.43. The third-order valence-electron chi connectivity index (χ3n) is 4.13. The molecule has 1 fully saturated rings. The van der Waals surface area contributed by atoms with E-state index in [0.29, 0.717) is 6.04 Å². The number of rotatable bonds is 4. The number of aromatic nitrogens is 4. The second-order valence-electron chi connectivity index (χ2n) is 5.53. The van der Waals surface area contributed by atoms with Crippen LogP contribution in [-0.4, -0.2) is 50.4 Å². The lowest BCUT2D eigenvalue weighted by atomic mass is 10.2. The van der Waals surface area contributed by atoms with Gasteiger partial charge in [-0.1, -0.05) is 6.92 Å². The van der Waals surface area contributed by atoms with Gasteiger partial charge in [-0.3, -0.25) is 14.9 Å². The third kappa shape index (κ3) is 3.41. The maximum absolute atomic E-state index is 4.61. The predicted octanol–water partition coefficient (Wildman–Crippen LogP) is 2.16. The maximum atomic E-state index is 4.61. The molecule has 0 aromatic carbocycles. The number of nitrogens with zero attached hydrogens (tertiary/aromatic N) is 6. The first-order chi connectivity index (χ1) is 10.8. The number of aryl methyl sites for hydroxylation is 1. The van der Waals surface area contributed by atoms with Crippen molar-refractivity contribution in [3.8, 4) is 0 Å². The number of hydrogen-bond acceptors (Lipinski definition) is 7. The number of hydrogen-bond donors (Lipinski definition) is 0. The first kappa shape index (κ1) is 15.3. The van der Waals surface area contributed by atoms with E-state index in [2.05, 4.69) is 43.0 Å². The lowest BCUT2D eigenvalue weighted by Gasteiger charge is -2.27. The van der Waals surface area contributed by atoms with Crippen LogP contribution < -0.4 is 4.90 Å². The summed E-state index contributed by atoms with van der Waals surface area (Å²) in [6, 6.07) is 0.300. The highest BCUT2D eigenvalue weighted by atomic mass is 32.1. The van der Waals surface area contributed by atoms with E-state index in [4.69, 9.17) is 0 Å². The topological polar surface area (TPSA) is 58.0 Å². The van der Waals surface area contributed by atoms with Gasteiger partial charge in [0.15, 0.2) is 0 Å². The molecule has 2 aromatic heterocycles.